The van der Waals surface area contributed by atoms with Crippen LogP contribution in [0.25, 0.3) is 22.3 Å². The van der Waals surface area contributed by atoms with Gasteiger partial charge in [-0.1, -0.05) is 152 Å². The first kappa shape index (κ1) is 38.4. The van der Waals surface area contributed by atoms with Crippen LogP contribution < -0.4 is 29.1 Å². The summed E-state index contributed by atoms with van der Waals surface area (Å²) in [6.07, 6.45) is 0. The second kappa shape index (κ2) is 18.6. The molecule has 7 aromatic carbocycles. The maximum Gasteiger partial charge on any atom is 0.239 e. The lowest BCUT2D eigenvalue weighted by Crippen LogP contribution is -2.13. The van der Waals surface area contributed by atoms with E-state index in [2.05, 4.69) is 22.6 Å². The fourth-order valence-electron chi connectivity index (χ4n) is 6.36. The van der Waals surface area contributed by atoms with Crippen molar-refractivity contribution in [1.29, 1.82) is 0 Å². The number of hydrogen-bond donors (Lipinski definition) is 0. The Morgan fingerprint density at radius 3 is 1.28 bits per heavy atom. The van der Waals surface area contributed by atoms with Gasteiger partial charge in [0.05, 0.1) is 3.57 Å². The highest BCUT2D eigenvalue weighted by Gasteiger charge is 2.26. The molecule has 1 aromatic heterocycles. The number of rotatable bonds is 16. The van der Waals surface area contributed by atoms with Crippen molar-refractivity contribution in [2.75, 3.05) is 0 Å². The molecule has 0 aliphatic rings. The highest BCUT2D eigenvalue weighted by Crippen LogP contribution is 2.43. The Morgan fingerprint density at radius 2 is 0.810 bits per heavy atom. The van der Waals surface area contributed by atoms with Gasteiger partial charge in [0.15, 0.2) is 22.8 Å². The Morgan fingerprint density at radius 1 is 0.414 bits per heavy atom. The number of benzene rings is 7. The van der Waals surface area contributed by atoms with E-state index >= 15 is 0 Å². The summed E-state index contributed by atoms with van der Waals surface area (Å²) in [5.41, 5.74) is 5.35. The molecule has 0 aliphatic heterocycles. The number of halogens is 1. The average molecular weight is 879 g/mol. The van der Waals surface area contributed by atoms with E-state index in [1.54, 1.807) is 6.07 Å². The van der Waals surface area contributed by atoms with Gasteiger partial charge in [-0.15, -0.1) is 0 Å². The van der Waals surface area contributed by atoms with Gasteiger partial charge in [0, 0.05) is 11.6 Å². The first-order chi connectivity index (χ1) is 28.6. The zero-order valence-corrected chi connectivity index (χ0v) is 33.7. The molecular formula is C50H39IO7. The zero-order valence-electron chi connectivity index (χ0n) is 31.5. The highest BCUT2D eigenvalue weighted by atomic mass is 127. The molecular weight excluding hydrogens is 839 g/mol. The molecule has 0 unspecified atom stereocenters. The fraction of sp³-hybridized carbons (Fsp3) is 0.100. The standard InChI is InChI=1S/C50H39IO7/c51-46-44(56-33-38-22-12-4-13-23-38)29-43(55-32-37-20-10-3-11-21-37)45-47(52)50(57-34-39-24-14-5-15-25-39)48(58-49(45)46)40-26-27-41(53-30-35-16-6-1-7-17-35)42(28-40)54-31-36-18-8-2-9-19-36/h1-29H,30-34H2. The van der Waals surface area contributed by atoms with Gasteiger partial charge >= 0.3 is 0 Å². The van der Waals surface area contributed by atoms with Crippen LogP contribution in [0.1, 0.15) is 27.8 Å². The lowest BCUT2D eigenvalue weighted by atomic mass is 10.1. The van der Waals surface area contributed by atoms with E-state index < -0.39 is 0 Å². The third kappa shape index (κ3) is 9.36. The smallest absolute Gasteiger partial charge is 0.239 e. The molecule has 0 saturated carbocycles. The van der Waals surface area contributed by atoms with Crippen LogP contribution in [-0.2, 0) is 33.0 Å². The molecule has 0 amide bonds. The van der Waals surface area contributed by atoms with Crippen LogP contribution in [0.2, 0.25) is 0 Å². The first-order valence-electron chi connectivity index (χ1n) is 18.9. The Kier molecular flexibility index (Phi) is 12.3. The molecule has 0 fully saturated rings. The monoisotopic (exact) mass is 878 g/mol. The third-order valence-corrected chi connectivity index (χ3v) is 10.4. The lowest BCUT2D eigenvalue weighted by Gasteiger charge is -2.18. The van der Waals surface area contributed by atoms with Crippen LogP contribution in [0.15, 0.2) is 185 Å². The highest BCUT2D eigenvalue weighted by molar-refractivity contribution is 14.1. The van der Waals surface area contributed by atoms with E-state index in [-0.39, 0.29) is 35.5 Å². The maximum atomic E-state index is 15.0. The molecule has 0 atom stereocenters. The maximum absolute atomic E-state index is 15.0. The van der Waals surface area contributed by atoms with Gasteiger partial charge in [-0.25, -0.2) is 0 Å². The summed E-state index contributed by atoms with van der Waals surface area (Å²) in [7, 11) is 0. The molecule has 7 nitrogen and oxygen atoms in total. The fourth-order valence-corrected chi connectivity index (χ4v) is 7.05. The van der Waals surface area contributed by atoms with Crippen LogP contribution in [0.4, 0.5) is 0 Å². The van der Waals surface area contributed by atoms with E-state index in [0.717, 1.165) is 27.8 Å². The number of ether oxygens (including phenoxy) is 5. The molecule has 0 bridgehead atoms. The van der Waals surface area contributed by atoms with Crippen molar-refractivity contribution in [1.82, 2.24) is 0 Å². The molecule has 8 aromatic rings. The zero-order chi connectivity index (χ0) is 39.5. The second-order valence-corrected chi connectivity index (χ2v) is 14.6. The predicted molar refractivity (Wildman–Crippen MR) is 235 cm³/mol. The Hall–Kier alpha value is -6.52. The molecule has 0 N–H and O–H groups in total. The summed E-state index contributed by atoms with van der Waals surface area (Å²) >= 11 is 2.18. The van der Waals surface area contributed by atoms with Crippen molar-refractivity contribution < 1.29 is 28.1 Å². The molecule has 1 heterocycles. The van der Waals surface area contributed by atoms with E-state index in [9.17, 15) is 4.79 Å². The number of hydrogen-bond acceptors (Lipinski definition) is 7. The molecule has 0 aliphatic carbocycles. The minimum absolute atomic E-state index is 0.0432. The van der Waals surface area contributed by atoms with Crippen molar-refractivity contribution in [3.05, 3.63) is 218 Å². The summed E-state index contributed by atoms with van der Waals surface area (Å²) in [6.45, 7) is 1.31. The average Bonchev–Trinajstić information content (AvgIpc) is 3.28. The summed E-state index contributed by atoms with van der Waals surface area (Å²) in [5.74, 6) is 2.14. The summed E-state index contributed by atoms with van der Waals surface area (Å²) < 4.78 is 39.5. The van der Waals surface area contributed by atoms with Gasteiger partial charge < -0.3 is 28.1 Å². The minimum Gasteiger partial charge on any atom is -0.488 e. The summed E-state index contributed by atoms with van der Waals surface area (Å²) in [5, 5.41) is 0.252. The van der Waals surface area contributed by atoms with Crippen LogP contribution >= 0.6 is 22.6 Å². The molecule has 8 rings (SSSR count). The van der Waals surface area contributed by atoms with Crippen LogP contribution in [0.3, 0.4) is 0 Å². The topological polar surface area (TPSA) is 76.4 Å². The van der Waals surface area contributed by atoms with Crippen molar-refractivity contribution in [2.24, 2.45) is 0 Å². The predicted octanol–water partition coefficient (Wildman–Crippen LogP) is 12.0. The summed E-state index contributed by atoms with van der Waals surface area (Å²) in [4.78, 5) is 15.0. The molecule has 0 radical (unpaired) electrons. The molecule has 288 valence electrons. The normalized spacial score (nSPS) is 10.9. The van der Waals surface area contributed by atoms with Gasteiger partial charge in [0.1, 0.15) is 49.9 Å². The van der Waals surface area contributed by atoms with Crippen LogP contribution in [0, 0.1) is 3.57 Å². The van der Waals surface area contributed by atoms with Gasteiger partial charge in [-0.2, -0.15) is 0 Å². The first-order valence-corrected chi connectivity index (χ1v) is 20.0. The van der Waals surface area contributed by atoms with Gasteiger partial charge in [-0.3, -0.25) is 4.79 Å². The largest absolute Gasteiger partial charge is 0.488 e. The van der Waals surface area contributed by atoms with Crippen LogP contribution in [0.5, 0.6) is 28.7 Å². The number of fused-ring (bicyclic) bond motifs is 1. The van der Waals surface area contributed by atoms with E-state index in [1.807, 2.05) is 170 Å². The SMILES string of the molecule is O=c1c(OCc2ccccc2)c(-c2ccc(OCc3ccccc3)c(OCc3ccccc3)c2)oc2c(I)c(OCc3ccccc3)cc(OCc3ccccc3)c12. The van der Waals surface area contributed by atoms with Crippen molar-refractivity contribution in [3.8, 4) is 40.1 Å². The summed E-state index contributed by atoms with van der Waals surface area (Å²) in [6, 6.07) is 56.5. The van der Waals surface area contributed by atoms with Gasteiger partial charge in [0.25, 0.3) is 0 Å². The Bertz CT molecular complexity index is 2630. The van der Waals surface area contributed by atoms with Crippen molar-refractivity contribution in [2.45, 2.75) is 33.0 Å². The quantitative estimate of drug-likeness (QED) is 0.0895. The van der Waals surface area contributed by atoms with E-state index in [4.69, 9.17) is 28.1 Å². The van der Waals surface area contributed by atoms with Gasteiger partial charge in [-0.05, 0) is 68.6 Å². The van der Waals surface area contributed by atoms with E-state index in [0.29, 0.717) is 57.5 Å². The lowest BCUT2D eigenvalue weighted by molar-refractivity contribution is 0.256. The van der Waals surface area contributed by atoms with Crippen molar-refractivity contribution >= 4 is 33.6 Å². The minimum atomic E-state index is -0.376. The molecule has 0 spiro atoms. The molecule has 0 saturated heterocycles. The Labute approximate surface area is 350 Å². The van der Waals surface area contributed by atoms with Crippen molar-refractivity contribution in [3.63, 3.8) is 0 Å². The van der Waals surface area contributed by atoms with Crippen LogP contribution in [-0.4, -0.2) is 0 Å². The molecule has 8 heteroatoms. The van der Waals surface area contributed by atoms with Gasteiger partial charge in [0.2, 0.25) is 11.2 Å². The van der Waals surface area contributed by atoms with E-state index in [1.165, 1.54) is 0 Å². The molecule has 58 heavy (non-hydrogen) atoms. The Balaban J connectivity index is 1.26. The second-order valence-electron chi connectivity index (χ2n) is 13.5. The third-order valence-electron chi connectivity index (χ3n) is 9.38.